The fraction of sp³-hybridized carbons (Fsp3) is 0.625. The largest absolute Gasteiger partial charge is 0.490 e. The maximum atomic E-state index is 6.27. The standard InChI is InChI=1S/C16H22O2S/c1-2-13-5-3-4-6-15(13)18-14-7-9-17-16(11-14)8-10-19-12-16/h3-6,14H,2,7-12H2,1H3. The Balaban J connectivity index is 1.69. The summed E-state index contributed by atoms with van der Waals surface area (Å²) in [7, 11) is 0. The normalized spacial score (nSPS) is 30.7. The summed E-state index contributed by atoms with van der Waals surface area (Å²) < 4.78 is 12.3. The molecule has 3 rings (SSSR count). The molecule has 2 saturated heterocycles. The van der Waals surface area contributed by atoms with Gasteiger partial charge < -0.3 is 9.47 Å². The fourth-order valence-corrected chi connectivity index (χ4v) is 4.42. The van der Waals surface area contributed by atoms with Gasteiger partial charge in [0.25, 0.3) is 0 Å². The Morgan fingerprint density at radius 1 is 1.42 bits per heavy atom. The molecule has 0 saturated carbocycles. The third kappa shape index (κ3) is 2.92. The number of hydrogen-bond donors (Lipinski definition) is 0. The van der Waals surface area contributed by atoms with Gasteiger partial charge in [0, 0.05) is 18.6 Å². The first-order chi connectivity index (χ1) is 9.31. The molecule has 2 aliphatic rings. The summed E-state index contributed by atoms with van der Waals surface area (Å²) in [6, 6.07) is 8.42. The summed E-state index contributed by atoms with van der Waals surface area (Å²) in [6.07, 6.45) is 4.61. The Morgan fingerprint density at radius 3 is 3.11 bits per heavy atom. The summed E-state index contributed by atoms with van der Waals surface area (Å²) >= 11 is 2.01. The quantitative estimate of drug-likeness (QED) is 0.840. The highest BCUT2D eigenvalue weighted by Crippen LogP contribution is 2.39. The van der Waals surface area contributed by atoms with Crippen LogP contribution in [0.1, 0.15) is 31.7 Å². The van der Waals surface area contributed by atoms with E-state index < -0.39 is 0 Å². The Kier molecular flexibility index (Phi) is 4.04. The maximum Gasteiger partial charge on any atom is 0.122 e. The van der Waals surface area contributed by atoms with Crippen molar-refractivity contribution < 1.29 is 9.47 Å². The Morgan fingerprint density at radius 2 is 2.32 bits per heavy atom. The van der Waals surface area contributed by atoms with Crippen LogP contribution in [0.3, 0.4) is 0 Å². The number of hydrogen-bond acceptors (Lipinski definition) is 3. The molecule has 0 radical (unpaired) electrons. The second kappa shape index (κ2) is 5.76. The lowest BCUT2D eigenvalue weighted by Gasteiger charge is -2.37. The molecule has 1 aromatic carbocycles. The van der Waals surface area contributed by atoms with Crippen LogP contribution in [0.15, 0.2) is 24.3 Å². The molecule has 2 nitrogen and oxygen atoms in total. The van der Waals surface area contributed by atoms with Crippen molar-refractivity contribution in [1.29, 1.82) is 0 Å². The maximum absolute atomic E-state index is 6.27. The second-order valence-electron chi connectivity index (χ2n) is 5.53. The minimum atomic E-state index is 0.106. The minimum absolute atomic E-state index is 0.106. The molecule has 2 heterocycles. The smallest absolute Gasteiger partial charge is 0.122 e. The Bertz CT molecular complexity index is 427. The Labute approximate surface area is 119 Å². The number of para-hydroxylation sites is 1. The van der Waals surface area contributed by atoms with Crippen molar-refractivity contribution in [3.8, 4) is 5.75 Å². The van der Waals surface area contributed by atoms with Crippen molar-refractivity contribution in [2.24, 2.45) is 0 Å². The van der Waals surface area contributed by atoms with Gasteiger partial charge in [-0.05, 0) is 30.2 Å². The van der Waals surface area contributed by atoms with E-state index in [1.807, 2.05) is 11.8 Å². The molecule has 2 aliphatic heterocycles. The third-order valence-corrected chi connectivity index (χ3v) is 5.39. The summed E-state index contributed by atoms with van der Waals surface area (Å²) in [5.41, 5.74) is 1.42. The SMILES string of the molecule is CCc1ccccc1OC1CCOC2(CCSC2)C1. The van der Waals surface area contributed by atoms with Gasteiger partial charge in [-0.1, -0.05) is 25.1 Å². The first kappa shape index (κ1) is 13.3. The number of rotatable bonds is 3. The van der Waals surface area contributed by atoms with Crippen LogP contribution in [0.25, 0.3) is 0 Å². The number of aryl methyl sites for hydroxylation is 1. The van der Waals surface area contributed by atoms with Crippen LogP contribution >= 0.6 is 11.8 Å². The molecule has 2 atom stereocenters. The van der Waals surface area contributed by atoms with E-state index in [0.29, 0.717) is 6.10 Å². The average molecular weight is 278 g/mol. The lowest BCUT2D eigenvalue weighted by molar-refractivity contribution is -0.0960. The van der Waals surface area contributed by atoms with E-state index >= 15 is 0 Å². The van der Waals surface area contributed by atoms with E-state index in [1.54, 1.807) is 0 Å². The zero-order valence-corrected chi connectivity index (χ0v) is 12.4. The molecule has 104 valence electrons. The van der Waals surface area contributed by atoms with Crippen molar-refractivity contribution in [2.75, 3.05) is 18.1 Å². The predicted octanol–water partition coefficient (Wildman–Crippen LogP) is 3.68. The highest BCUT2D eigenvalue weighted by Gasteiger charge is 2.41. The van der Waals surface area contributed by atoms with E-state index in [1.165, 1.54) is 17.7 Å². The van der Waals surface area contributed by atoms with E-state index in [4.69, 9.17) is 9.47 Å². The van der Waals surface area contributed by atoms with Crippen molar-refractivity contribution in [1.82, 2.24) is 0 Å². The molecule has 2 fully saturated rings. The molecule has 1 spiro atoms. The van der Waals surface area contributed by atoms with Gasteiger partial charge in [0.2, 0.25) is 0 Å². The van der Waals surface area contributed by atoms with Gasteiger partial charge in [-0.25, -0.2) is 0 Å². The van der Waals surface area contributed by atoms with Gasteiger partial charge in [-0.2, -0.15) is 11.8 Å². The summed E-state index contributed by atoms with van der Waals surface area (Å²) in [4.78, 5) is 0. The number of benzene rings is 1. The van der Waals surface area contributed by atoms with Crippen LogP contribution in [-0.4, -0.2) is 29.8 Å². The van der Waals surface area contributed by atoms with Gasteiger partial charge in [0.05, 0.1) is 12.2 Å². The van der Waals surface area contributed by atoms with Crippen LogP contribution in [0, 0.1) is 0 Å². The highest BCUT2D eigenvalue weighted by molar-refractivity contribution is 7.99. The molecule has 0 N–H and O–H groups in total. The first-order valence-electron chi connectivity index (χ1n) is 7.28. The fourth-order valence-electron chi connectivity index (χ4n) is 3.04. The van der Waals surface area contributed by atoms with Crippen LogP contribution in [0.2, 0.25) is 0 Å². The molecule has 1 aromatic rings. The molecule has 0 aliphatic carbocycles. The van der Waals surface area contributed by atoms with Crippen LogP contribution in [0.5, 0.6) is 5.75 Å². The molecule has 2 unspecified atom stereocenters. The van der Waals surface area contributed by atoms with Gasteiger partial charge in [0.1, 0.15) is 11.9 Å². The summed E-state index contributed by atoms with van der Waals surface area (Å²) in [6.45, 7) is 3.03. The van der Waals surface area contributed by atoms with E-state index in [0.717, 1.165) is 37.4 Å². The zero-order chi connectivity index (χ0) is 13.1. The highest BCUT2D eigenvalue weighted by atomic mass is 32.2. The molecule has 3 heteroatoms. The van der Waals surface area contributed by atoms with Gasteiger partial charge in [-0.3, -0.25) is 0 Å². The van der Waals surface area contributed by atoms with Crippen molar-refractivity contribution >= 4 is 11.8 Å². The molecular weight excluding hydrogens is 256 g/mol. The minimum Gasteiger partial charge on any atom is -0.490 e. The van der Waals surface area contributed by atoms with Crippen LogP contribution < -0.4 is 4.74 Å². The van der Waals surface area contributed by atoms with E-state index in [-0.39, 0.29) is 5.60 Å². The molecule has 19 heavy (non-hydrogen) atoms. The average Bonchev–Trinajstić information content (AvgIpc) is 2.87. The zero-order valence-electron chi connectivity index (χ0n) is 11.6. The lowest BCUT2D eigenvalue weighted by Crippen LogP contribution is -2.43. The third-order valence-electron chi connectivity index (χ3n) is 4.16. The first-order valence-corrected chi connectivity index (χ1v) is 8.43. The van der Waals surface area contributed by atoms with Crippen molar-refractivity contribution in [3.05, 3.63) is 29.8 Å². The van der Waals surface area contributed by atoms with Crippen LogP contribution in [-0.2, 0) is 11.2 Å². The Hall–Kier alpha value is -0.670. The van der Waals surface area contributed by atoms with Gasteiger partial charge in [0.15, 0.2) is 0 Å². The van der Waals surface area contributed by atoms with Crippen molar-refractivity contribution in [3.63, 3.8) is 0 Å². The lowest BCUT2D eigenvalue weighted by atomic mass is 9.91. The topological polar surface area (TPSA) is 18.5 Å². The molecule has 0 aromatic heterocycles. The summed E-state index contributed by atoms with van der Waals surface area (Å²) in [5, 5.41) is 0. The van der Waals surface area contributed by atoms with Crippen molar-refractivity contribution in [2.45, 2.75) is 44.3 Å². The monoisotopic (exact) mass is 278 g/mol. The number of ether oxygens (including phenoxy) is 2. The van der Waals surface area contributed by atoms with E-state index in [2.05, 4.69) is 31.2 Å². The molecular formula is C16H22O2S. The number of thioether (sulfide) groups is 1. The van der Waals surface area contributed by atoms with Crippen LogP contribution in [0.4, 0.5) is 0 Å². The van der Waals surface area contributed by atoms with Gasteiger partial charge in [-0.15, -0.1) is 0 Å². The van der Waals surface area contributed by atoms with E-state index in [9.17, 15) is 0 Å². The second-order valence-corrected chi connectivity index (χ2v) is 6.63. The summed E-state index contributed by atoms with van der Waals surface area (Å²) in [5.74, 6) is 3.44. The predicted molar refractivity (Wildman–Crippen MR) is 80.1 cm³/mol. The van der Waals surface area contributed by atoms with Gasteiger partial charge >= 0.3 is 0 Å². The molecule has 0 amide bonds. The molecule has 0 bridgehead atoms.